The van der Waals surface area contributed by atoms with E-state index >= 15 is 0 Å². The first-order valence-corrected chi connectivity index (χ1v) is 7.31. The standard InChI is InChI=1S/C17H18ClFN2O/c1-10-5-7-12(8-6-10)16-15(19)13(9-14(18)20-16)17(3,4)21-11(2)22/h5-9H,1-4H3,(H,21,22). The van der Waals surface area contributed by atoms with Crippen LogP contribution in [0.25, 0.3) is 11.3 Å². The van der Waals surface area contributed by atoms with Gasteiger partial charge in [-0.1, -0.05) is 41.4 Å². The monoisotopic (exact) mass is 320 g/mol. The predicted octanol–water partition coefficient (Wildman–Crippen LogP) is 4.22. The van der Waals surface area contributed by atoms with Gasteiger partial charge in [0, 0.05) is 18.1 Å². The van der Waals surface area contributed by atoms with Crippen LogP contribution in [-0.4, -0.2) is 10.9 Å². The van der Waals surface area contributed by atoms with Crippen LogP contribution >= 0.6 is 11.6 Å². The van der Waals surface area contributed by atoms with Crippen molar-refractivity contribution < 1.29 is 9.18 Å². The number of nitrogens with zero attached hydrogens (tertiary/aromatic N) is 1. The Bertz CT molecular complexity index is 711. The van der Waals surface area contributed by atoms with Crippen LogP contribution in [0.3, 0.4) is 0 Å². The van der Waals surface area contributed by atoms with Crippen molar-refractivity contribution in [3.8, 4) is 11.3 Å². The molecule has 0 saturated heterocycles. The first-order chi connectivity index (χ1) is 10.2. The number of carbonyl (C=O) groups is 1. The highest BCUT2D eigenvalue weighted by atomic mass is 35.5. The zero-order valence-corrected chi connectivity index (χ0v) is 13.8. The summed E-state index contributed by atoms with van der Waals surface area (Å²) in [4.78, 5) is 15.4. The quantitative estimate of drug-likeness (QED) is 0.860. The third kappa shape index (κ3) is 3.45. The summed E-state index contributed by atoms with van der Waals surface area (Å²) in [5.74, 6) is -0.721. The van der Waals surface area contributed by atoms with Crippen molar-refractivity contribution in [3.05, 3.63) is 52.4 Å². The lowest BCUT2D eigenvalue weighted by Gasteiger charge is -2.27. The van der Waals surface area contributed by atoms with E-state index in [1.807, 2.05) is 19.1 Å². The lowest BCUT2D eigenvalue weighted by Crippen LogP contribution is -2.40. The van der Waals surface area contributed by atoms with E-state index in [1.54, 1.807) is 26.0 Å². The molecule has 0 radical (unpaired) electrons. The van der Waals surface area contributed by atoms with Gasteiger partial charge in [0.15, 0.2) is 5.82 Å². The normalized spacial score (nSPS) is 11.4. The molecule has 1 aromatic carbocycles. The van der Waals surface area contributed by atoms with E-state index in [2.05, 4.69) is 10.3 Å². The molecule has 2 rings (SSSR count). The molecule has 116 valence electrons. The van der Waals surface area contributed by atoms with Crippen LogP contribution in [0, 0.1) is 12.7 Å². The number of aryl methyl sites for hydroxylation is 1. The minimum absolute atomic E-state index is 0.181. The van der Waals surface area contributed by atoms with E-state index in [-0.39, 0.29) is 16.8 Å². The van der Waals surface area contributed by atoms with Gasteiger partial charge in [-0.15, -0.1) is 0 Å². The van der Waals surface area contributed by atoms with Crippen molar-refractivity contribution in [2.24, 2.45) is 0 Å². The number of hydrogen-bond donors (Lipinski definition) is 1. The molecule has 1 N–H and O–H groups in total. The number of rotatable bonds is 3. The minimum Gasteiger partial charge on any atom is -0.347 e. The summed E-state index contributed by atoms with van der Waals surface area (Å²) in [7, 11) is 0. The van der Waals surface area contributed by atoms with Crippen LogP contribution in [-0.2, 0) is 10.3 Å². The number of benzene rings is 1. The number of hydrogen-bond acceptors (Lipinski definition) is 2. The smallest absolute Gasteiger partial charge is 0.217 e. The fourth-order valence-corrected chi connectivity index (χ4v) is 2.56. The molecule has 0 bridgehead atoms. The average molecular weight is 321 g/mol. The third-order valence-corrected chi connectivity index (χ3v) is 3.61. The Hall–Kier alpha value is -1.94. The highest BCUT2D eigenvalue weighted by Gasteiger charge is 2.28. The van der Waals surface area contributed by atoms with Crippen LogP contribution in [0.15, 0.2) is 30.3 Å². The second-order valence-electron chi connectivity index (χ2n) is 5.83. The van der Waals surface area contributed by atoms with Gasteiger partial charge in [-0.3, -0.25) is 4.79 Å². The zero-order valence-electron chi connectivity index (χ0n) is 13.0. The van der Waals surface area contributed by atoms with Crippen LogP contribution in [0.5, 0.6) is 0 Å². The van der Waals surface area contributed by atoms with Gasteiger partial charge >= 0.3 is 0 Å². The maximum Gasteiger partial charge on any atom is 0.217 e. The van der Waals surface area contributed by atoms with Crippen LogP contribution in [0.4, 0.5) is 4.39 Å². The SMILES string of the molecule is CC(=O)NC(C)(C)c1cc(Cl)nc(-c2ccc(C)cc2)c1F. The van der Waals surface area contributed by atoms with Crippen molar-refractivity contribution in [1.29, 1.82) is 0 Å². The minimum atomic E-state index is -0.887. The summed E-state index contributed by atoms with van der Waals surface area (Å²) in [6.45, 7) is 6.80. The van der Waals surface area contributed by atoms with Crippen molar-refractivity contribution >= 4 is 17.5 Å². The zero-order chi connectivity index (χ0) is 16.5. The Balaban J connectivity index is 2.59. The maximum atomic E-state index is 14.9. The van der Waals surface area contributed by atoms with Gasteiger partial charge < -0.3 is 5.32 Å². The van der Waals surface area contributed by atoms with Crippen molar-refractivity contribution in [2.75, 3.05) is 0 Å². The number of aromatic nitrogens is 1. The van der Waals surface area contributed by atoms with Crippen molar-refractivity contribution in [3.63, 3.8) is 0 Å². The second kappa shape index (κ2) is 6.05. The summed E-state index contributed by atoms with van der Waals surface area (Å²) in [6.07, 6.45) is 0. The summed E-state index contributed by atoms with van der Waals surface area (Å²) in [5, 5.41) is 2.91. The van der Waals surface area contributed by atoms with E-state index in [0.29, 0.717) is 11.1 Å². The lowest BCUT2D eigenvalue weighted by molar-refractivity contribution is -0.120. The van der Waals surface area contributed by atoms with Gasteiger partial charge in [-0.25, -0.2) is 9.37 Å². The lowest BCUT2D eigenvalue weighted by atomic mass is 9.92. The number of halogens is 2. The largest absolute Gasteiger partial charge is 0.347 e. The fraction of sp³-hybridized carbons (Fsp3) is 0.294. The molecule has 0 aliphatic heterocycles. The van der Waals surface area contributed by atoms with Gasteiger partial charge in [0.05, 0.1) is 5.54 Å². The van der Waals surface area contributed by atoms with Gasteiger partial charge in [-0.05, 0) is 26.8 Å². The van der Waals surface area contributed by atoms with Gasteiger partial charge in [0.1, 0.15) is 10.8 Å². The molecule has 22 heavy (non-hydrogen) atoms. The molecule has 3 nitrogen and oxygen atoms in total. The highest BCUT2D eigenvalue weighted by molar-refractivity contribution is 6.29. The highest BCUT2D eigenvalue weighted by Crippen LogP contribution is 2.31. The maximum absolute atomic E-state index is 14.9. The first-order valence-electron chi connectivity index (χ1n) is 6.93. The Morgan fingerprint density at radius 3 is 2.41 bits per heavy atom. The van der Waals surface area contributed by atoms with Crippen molar-refractivity contribution in [1.82, 2.24) is 10.3 Å². The van der Waals surface area contributed by atoms with E-state index in [0.717, 1.165) is 5.56 Å². The molecule has 0 saturated carbocycles. The van der Waals surface area contributed by atoms with Crippen molar-refractivity contribution in [2.45, 2.75) is 33.2 Å². The molecule has 5 heteroatoms. The van der Waals surface area contributed by atoms with Gasteiger partial charge in [-0.2, -0.15) is 0 Å². The topological polar surface area (TPSA) is 42.0 Å². The Kier molecular flexibility index (Phi) is 4.52. The molecule has 0 aliphatic carbocycles. The first kappa shape index (κ1) is 16.4. The predicted molar refractivity (Wildman–Crippen MR) is 86.2 cm³/mol. The van der Waals surface area contributed by atoms with Crippen LogP contribution in [0.1, 0.15) is 31.9 Å². The molecule has 0 unspecified atom stereocenters. The van der Waals surface area contributed by atoms with Crippen LogP contribution < -0.4 is 5.32 Å². The van der Waals surface area contributed by atoms with Crippen LogP contribution in [0.2, 0.25) is 5.15 Å². The van der Waals surface area contributed by atoms with Gasteiger partial charge in [0.2, 0.25) is 5.91 Å². The molecule has 2 aromatic rings. The second-order valence-corrected chi connectivity index (χ2v) is 6.21. The Labute approximate surface area is 134 Å². The number of nitrogens with one attached hydrogen (secondary N) is 1. The molecule has 0 fully saturated rings. The number of amides is 1. The number of pyridine rings is 1. The summed E-state index contributed by atoms with van der Waals surface area (Å²) >= 11 is 6.06. The third-order valence-electron chi connectivity index (χ3n) is 3.41. The molecule has 0 aliphatic rings. The Morgan fingerprint density at radius 2 is 1.86 bits per heavy atom. The molecule has 1 heterocycles. The van der Waals surface area contributed by atoms with E-state index in [4.69, 9.17) is 11.6 Å². The molecule has 0 atom stereocenters. The summed E-state index contributed by atoms with van der Waals surface area (Å²) in [5.41, 5.74) is 1.32. The van der Waals surface area contributed by atoms with E-state index in [1.165, 1.54) is 13.0 Å². The average Bonchev–Trinajstić information content (AvgIpc) is 2.40. The fourth-order valence-electron chi connectivity index (χ4n) is 2.36. The molecule has 0 spiro atoms. The molecule has 1 aromatic heterocycles. The van der Waals surface area contributed by atoms with E-state index < -0.39 is 11.4 Å². The summed E-state index contributed by atoms with van der Waals surface area (Å²) in [6, 6.07) is 8.81. The number of carbonyl (C=O) groups excluding carboxylic acids is 1. The Morgan fingerprint density at radius 1 is 1.27 bits per heavy atom. The van der Waals surface area contributed by atoms with E-state index in [9.17, 15) is 9.18 Å². The van der Waals surface area contributed by atoms with Gasteiger partial charge in [0.25, 0.3) is 0 Å². The molecule has 1 amide bonds. The summed E-state index contributed by atoms with van der Waals surface area (Å²) < 4.78 is 14.9. The molecular weight excluding hydrogens is 303 g/mol. The molecular formula is C17H18ClFN2O.